The number of aromatic nitrogens is 5. The van der Waals surface area contributed by atoms with Crippen LogP contribution in [0.25, 0.3) is 11.0 Å². The van der Waals surface area contributed by atoms with E-state index in [1.165, 1.54) is 36.8 Å². The maximum Gasteiger partial charge on any atom is 0.458 e. The number of rotatable bonds is 2. The minimum Gasteiger partial charge on any atom is -0.739 e. The molecule has 11 heteroatoms. The molecule has 3 rings (SSSR count). The van der Waals surface area contributed by atoms with E-state index in [2.05, 4.69) is 25.7 Å². The number of fused-ring (bicyclic) bond motifs is 1. The molecule has 2 amide bonds. The number of urea groups is 1. The van der Waals surface area contributed by atoms with Crippen molar-refractivity contribution in [1.29, 1.82) is 0 Å². The van der Waals surface area contributed by atoms with Gasteiger partial charge in [-0.1, -0.05) is 0 Å². The van der Waals surface area contributed by atoms with Crippen molar-refractivity contribution < 1.29 is 14.4 Å². The third-order valence-electron chi connectivity index (χ3n) is 2.86. The van der Waals surface area contributed by atoms with Crippen molar-refractivity contribution in [3.05, 3.63) is 47.2 Å². The van der Waals surface area contributed by atoms with E-state index < -0.39 is 12.0 Å². The zero-order valence-corrected chi connectivity index (χ0v) is 11.5. The number of nitrogens with zero attached hydrogens (tertiary/aromatic N) is 5. The summed E-state index contributed by atoms with van der Waals surface area (Å²) in [4.78, 5) is 19.8. The Morgan fingerprint density at radius 3 is 2.74 bits per heavy atom. The number of hydrogen-bond acceptors (Lipinski definition) is 7. The van der Waals surface area contributed by atoms with Gasteiger partial charge in [0.1, 0.15) is 0 Å². The average molecular weight is 314 g/mol. The first-order chi connectivity index (χ1) is 11.0. The Morgan fingerprint density at radius 1 is 1.17 bits per heavy atom. The van der Waals surface area contributed by atoms with E-state index >= 15 is 0 Å². The molecule has 0 fully saturated rings. The zero-order chi connectivity index (χ0) is 16.4. The Kier molecular flexibility index (Phi) is 3.43. The number of carbonyl (C=O) groups is 1. The van der Waals surface area contributed by atoms with E-state index in [0.717, 1.165) is 0 Å². The molecule has 0 spiro atoms. The van der Waals surface area contributed by atoms with Crippen molar-refractivity contribution >= 4 is 34.5 Å². The van der Waals surface area contributed by atoms with Crippen LogP contribution < -0.4 is 25.9 Å². The van der Waals surface area contributed by atoms with Gasteiger partial charge in [0, 0.05) is 29.0 Å². The Labute approximate surface area is 128 Å². The van der Waals surface area contributed by atoms with Gasteiger partial charge >= 0.3 is 17.5 Å². The molecule has 2 heterocycles. The monoisotopic (exact) mass is 314 g/mol. The minimum atomic E-state index is -0.583. The van der Waals surface area contributed by atoms with Crippen LogP contribution in [0.4, 0.5) is 22.2 Å². The molecule has 4 N–H and O–H groups in total. The topological polar surface area (TPSA) is 160 Å². The summed E-state index contributed by atoms with van der Waals surface area (Å²) in [7, 11) is 0. The SMILES string of the molecule is Nc1n[n+]([O-])c2cc(NC(=O)Nc3cnccn3)ccc2[n+]1[O-]. The number of hydrogen-bond donors (Lipinski definition) is 3. The number of carbonyl (C=O) groups excluding carboxylic acids is 1. The molecule has 2 aromatic heterocycles. The summed E-state index contributed by atoms with van der Waals surface area (Å²) in [5.41, 5.74) is 5.60. The fourth-order valence-corrected chi connectivity index (χ4v) is 1.88. The summed E-state index contributed by atoms with van der Waals surface area (Å²) in [5.74, 6) is -0.204. The van der Waals surface area contributed by atoms with Gasteiger partial charge in [0.05, 0.1) is 6.20 Å². The summed E-state index contributed by atoms with van der Waals surface area (Å²) in [6, 6.07) is 3.53. The number of anilines is 3. The fourth-order valence-electron chi connectivity index (χ4n) is 1.88. The van der Waals surface area contributed by atoms with Crippen molar-refractivity contribution in [1.82, 2.24) is 15.1 Å². The maximum absolute atomic E-state index is 11.8. The smallest absolute Gasteiger partial charge is 0.458 e. The molecule has 0 saturated heterocycles. The molecule has 0 atom stereocenters. The first kappa shape index (κ1) is 14.2. The van der Waals surface area contributed by atoms with Crippen molar-refractivity contribution in [2.45, 2.75) is 0 Å². The van der Waals surface area contributed by atoms with Crippen LogP contribution in [0.3, 0.4) is 0 Å². The van der Waals surface area contributed by atoms with Crippen LogP contribution in [-0.2, 0) is 0 Å². The molecule has 0 radical (unpaired) electrons. The van der Waals surface area contributed by atoms with Crippen LogP contribution in [0, 0.1) is 10.4 Å². The van der Waals surface area contributed by atoms with Gasteiger partial charge in [-0.15, -0.1) is 0 Å². The lowest BCUT2D eigenvalue weighted by Crippen LogP contribution is -2.44. The highest BCUT2D eigenvalue weighted by atomic mass is 16.5. The second-order valence-corrected chi connectivity index (χ2v) is 4.40. The standard InChI is InChI=1S/C12H10N8O3/c13-11-18-20(23)9-5-7(1-2-8(9)19(11)22)16-12(21)17-10-6-14-3-4-15-10/h1-6H,(H2,13,18)(H2,15,16,17,21). The third-order valence-corrected chi connectivity index (χ3v) is 2.86. The van der Waals surface area contributed by atoms with Crippen LogP contribution in [-0.4, -0.2) is 21.1 Å². The Balaban J connectivity index is 1.85. The first-order valence-corrected chi connectivity index (χ1v) is 6.31. The van der Waals surface area contributed by atoms with Crippen LogP contribution >= 0.6 is 0 Å². The summed E-state index contributed by atoms with van der Waals surface area (Å²) in [6.45, 7) is 0. The molecule has 0 unspecified atom stereocenters. The van der Waals surface area contributed by atoms with Crippen LogP contribution in [0.1, 0.15) is 0 Å². The molecule has 1 aromatic carbocycles. The second-order valence-electron chi connectivity index (χ2n) is 4.40. The van der Waals surface area contributed by atoms with Gasteiger partial charge in [-0.05, 0) is 12.1 Å². The number of amides is 2. The molecular weight excluding hydrogens is 304 g/mol. The maximum atomic E-state index is 11.8. The highest BCUT2D eigenvalue weighted by Crippen LogP contribution is 2.14. The molecule has 116 valence electrons. The van der Waals surface area contributed by atoms with Gasteiger partial charge < -0.3 is 15.7 Å². The molecule has 0 bridgehead atoms. The number of nitrogens with two attached hydrogens (primary N) is 1. The van der Waals surface area contributed by atoms with Crippen molar-refractivity contribution in [2.75, 3.05) is 16.4 Å². The molecule has 23 heavy (non-hydrogen) atoms. The van der Waals surface area contributed by atoms with Crippen molar-refractivity contribution in [3.63, 3.8) is 0 Å². The summed E-state index contributed by atoms with van der Waals surface area (Å²) >= 11 is 0. The van der Waals surface area contributed by atoms with E-state index in [4.69, 9.17) is 5.73 Å². The molecule has 0 aliphatic rings. The highest BCUT2D eigenvalue weighted by Gasteiger charge is 2.18. The van der Waals surface area contributed by atoms with E-state index in [-0.39, 0.29) is 27.4 Å². The lowest BCUT2D eigenvalue weighted by Gasteiger charge is -2.09. The van der Waals surface area contributed by atoms with E-state index in [9.17, 15) is 15.2 Å². The lowest BCUT2D eigenvalue weighted by atomic mass is 10.2. The fraction of sp³-hybridized carbons (Fsp3) is 0. The Hall–Kier alpha value is -3.76. The third kappa shape index (κ3) is 2.83. The first-order valence-electron chi connectivity index (χ1n) is 6.31. The number of nitrogen functional groups attached to an aromatic ring is 1. The average Bonchev–Trinajstić information content (AvgIpc) is 2.53. The Morgan fingerprint density at radius 2 is 2.00 bits per heavy atom. The van der Waals surface area contributed by atoms with Crippen molar-refractivity contribution in [2.24, 2.45) is 0 Å². The van der Waals surface area contributed by atoms with Crippen molar-refractivity contribution in [3.8, 4) is 0 Å². The number of benzene rings is 1. The summed E-state index contributed by atoms with van der Waals surface area (Å²) < 4.78 is 0.327. The van der Waals surface area contributed by atoms with E-state index in [1.54, 1.807) is 0 Å². The predicted octanol–water partition coefficient (Wildman–Crippen LogP) is -0.482. The lowest BCUT2D eigenvalue weighted by molar-refractivity contribution is -0.671. The van der Waals surface area contributed by atoms with Gasteiger partial charge in [0.25, 0.3) is 0 Å². The molecule has 11 nitrogen and oxygen atoms in total. The quantitative estimate of drug-likeness (QED) is 0.425. The highest BCUT2D eigenvalue weighted by molar-refractivity contribution is 5.99. The van der Waals surface area contributed by atoms with Crippen LogP contribution in [0.15, 0.2) is 36.8 Å². The normalized spacial score (nSPS) is 10.4. The molecule has 3 aromatic rings. The van der Waals surface area contributed by atoms with Crippen LogP contribution in [0.5, 0.6) is 0 Å². The molecular formula is C12H10N8O3. The van der Waals surface area contributed by atoms with Gasteiger partial charge in [-0.25, -0.2) is 14.5 Å². The summed E-state index contributed by atoms with van der Waals surface area (Å²) in [5, 5.41) is 31.7. The predicted molar refractivity (Wildman–Crippen MR) is 78.7 cm³/mol. The van der Waals surface area contributed by atoms with E-state index in [0.29, 0.717) is 4.73 Å². The Bertz CT molecular complexity index is 886. The zero-order valence-electron chi connectivity index (χ0n) is 11.5. The number of nitrogens with one attached hydrogen (secondary N) is 2. The van der Waals surface area contributed by atoms with Crippen LogP contribution in [0.2, 0.25) is 0 Å². The van der Waals surface area contributed by atoms with Gasteiger partial charge in [-0.2, -0.15) is 0 Å². The molecule has 0 aliphatic carbocycles. The van der Waals surface area contributed by atoms with Gasteiger partial charge in [0.2, 0.25) is 5.10 Å². The summed E-state index contributed by atoms with van der Waals surface area (Å²) in [6.07, 6.45) is 4.27. The largest absolute Gasteiger partial charge is 0.739 e. The molecule has 0 saturated carbocycles. The second kappa shape index (κ2) is 5.55. The minimum absolute atomic E-state index is 0.0346. The molecule has 0 aliphatic heterocycles. The van der Waals surface area contributed by atoms with Gasteiger partial charge in [-0.3, -0.25) is 16.0 Å². The van der Waals surface area contributed by atoms with E-state index in [1.807, 2.05) is 0 Å². The van der Waals surface area contributed by atoms with Gasteiger partial charge in [0.15, 0.2) is 11.3 Å².